The van der Waals surface area contributed by atoms with Crippen molar-refractivity contribution in [2.45, 2.75) is 65.3 Å². The summed E-state index contributed by atoms with van der Waals surface area (Å²) in [5, 5.41) is 3.66. The highest BCUT2D eigenvalue weighted by Gasteiger charge is 2.12. The molecular formula is C16H28N2. The molecule has 0 bridgehead atoms. The van der Waals surface area contributed by atoms with E-state index in [0.29, 0.717) is 6.04 Å². The molecule has 2 nitrogen and oxygen atoms in total. The summed E-state index contributed by atoms with van der Waals surface area (Å²) < 4.78 is 0. The lowest BCUT2D eigenvalue weighted by atomic mass is 9.99. The van der Waals surface area contributed by atoms with Gasteiger partial charge < -0.3 is 5.32 Å². The number of aromatic nitrogens is 1. The smallest absolute Gasteiger partial charge is 0.0420 e. The number of hydrogen-bond donors (Lipinski definition) is 1. The molecule has 1 N–H and O–H groups in total. The molecule has 1 aromatic heterocycles. The van der Waals surface area contributed by atoms with Gasteiger partial charge in [0.15, 0.2) is 0 Å². The van der Waals surface area contributed by atoms with Gasteiger partial charge in [0.05, 0.1) is 0 Å². The van der Waals surface area contributed by atoms with Crippen molar-refractivity contribution >= 4 is 0 Å². The fourth-order valence-corrected chi connectivity index (χ4v) is 2.33. The third-order valence-electron chi connectivity index (χ3n) is 3.41. The molecule has 0 radical (unpaired) electrons. The number of unbranched alkanes of at least 4 members (excludes halogenated alkanes) is 3. The van der Waals surface area contributed by atoms with Gasteiger partial charge in [0, 0.05) is 17.9 Å². The molecular weight excluding hydrogens is 220 g/mol. The van der Waals surface area contributed by atoms with Gasteiger partial charge in [-0.05, 0) is 37.9 Å². The molecule has 0 saturated heterocycles. The molecule has 0 saturated carbocycles. The van der Waals surface area contributed by atoms with Crippen molar-refractivity contribution in [3.63, 3.8) is 0 Å². The average Bonchev–Trinajstić information content (AvgIpc) is 2.39. The Labute approximate surface area is 112 Å². The summed E-state index contributed by atoms with van der Waals surface area (Å²) >= 11 is 0. The predicted molar refractivity (Wildman–Crippen MR) is 78.8 cm³/mol. The van der Waals surface area contributed by atoms with Crippen molar-refractivity contribution in [1.29, 1.82) is 0 Å². The number of hydrogen-bond acceptors (Lipinski definition) is 2. The molecule has 0 aliphatic rings. The Hall–Kier alpha value is -0.890. The number of nitrogens with zero attached hydrogens (tertiary/aromatic N) is 1. The molecule has 1 aromatic rings. The van der Waals surface area contributed by atoms with E-state index < -0.39 is 0 Å². The van der Waals surface area contributed by atoms with Crippen LogP contribution < -0.4 is 5.32 Å². The van der Waals surface area contributed by atoms with Gasteiger partial charge in [-0.15, -0.1) is 0 Å². The first-order valence-corrected chi connectivity index (χ1v) is 7.44. The summed E-state index contributed by atoms with van der Waals surface area (Å²) in [6.45, 7) is 7.68. The van der Waals surface area contributed by atoms with Gasteiger partial charge in [-0.3, -0.25) is 4.98 Å². The molecule has 0 amide bonds. The number of nitrogens with one attached hydrogen (secondary N) is 1. The predicted octanol–water partition coefficient (Wildman–Crippen LogP) is 4.40. The molecule has 1 rings (SSSR count). The minimum atomic E-state index is 0.482. The monoisotopic (exact) mass is 248 g/mol. The lowest BCUT2D eigenvalue weighted by molar-refractivity contribution is 0.467. The largest absolute Gasteiger partial charge is 0.310 e. The molecule has 18 heavy (non-hydrogen) atoms. The van der Waals surface area contributed by atoms with Crippen LogP contribution in [-0.4, -0.2) is 11.5 Å². The van der Waals surface area contributed by atoms with Crippen LogP contribution in [0.3, 0.4) is 0 Å². The van der Waals surface area contributed by atoms with Crippen LogP contribution in [0.2, 0.25) is 0 Å². The molecule has 0 aliphatic heterocycles. The SMILES string of the molecule is CCCCCCC(NCCC)c1cccnc1C. The van der Waals surface area contributed by atoms with E-state index in [4.69, 9.17) is 0 Å². The number of pyridine rings is 1. The van der Waals surface area contributed by atoms with Crippen LogP contribution in [0, 0.1) is 6.92 Å². The summed E-state index contributed by atoms with van der Waals surface area (Å²) in [7, 11) is 0. The van der Waals surface area contributed by atoms with Crippen molar-refractivity contribution in [3.05, 3.63) is 29.6 Å². The quantitative estimate of drug-likeness (QED) is 0.655. The van der Waals surface area contributed by atoms with Crippen molar-refractivity contribution in [2.75, 3.05) is 6.54 Å². The van der Waals surface area contributed by atoms with Crippen LogP contribution in [0.25, 0.3) is 0 Å². The Morgan fingerprint density at radius 2 is 2.00 bits per heavy atom. The van der Waals surface area contributed by atoms with Gasteiger partial charge in [0.2, 0.25) is 0 Å². The number of aryl methyl sites for hydroxylation is 1. The highest BCUT2D eigenvalue weighted by atomic mass is 14.9. The maximum Gasteiger partial charge on any atom is 0.0420 e. The molecule has 0 fully saturated rings. The second-order valence-corrected chi connectivity index (χ2v) is 5.03. The highest BCUT2D eigenvalue weighted by Crippen LogP contribution is 2.22. The van der Waals surface area contributed by atoms with Crippen LogP contribution in [-0.2, 0) is 0 Å². The zero-order chi connectivity index (χ0) is 13.2. The molecule has 0 aliphatic carbocycles. The third-order valence-corrected chi connectivity index (χ3v) is 3.41. The molecule has 1 atom stereocenters. The molecule has 0 aromatic carbocycles. The van der Waals surface area contributed by atoms with Gasteiger partial charge in [0.1, 0.15) is 0 Å². The molecule has 2 heteroatoms. The van der Waals surface area contributed by atoms with Crippen molar-refractivity contribution < 1.29 is 0 Å². The summed E-state index contributed by atoms with van der Waals surface area (Å²) in [6.07, 6.45) is 9.61. The van der Waals surface area contributed by atoms with Gasteiger partial charge in [0.25, 0.3) is 0 Å². The lowest BCUT2D eigenvalue weighted by Crippen LogP contribution is -2.23. The number of rotatable bonds is 9. The zero-order valence-electron chi connectivity index (χ0n) is 12.2. The minimum Gasteiger partial charge on any atom is -0.310 e. The van der Waals surface area contributed by atoms with E-state index in [1.807, 2.05) is 6.20 Å². The van der Waals surface area contributed by atoms with E-state index in [-0.39, 0.29) is 0 Å². The van der Waals surface area contributed by atoms with E-state index in [2.05, 4.69) is 43.2 Å². The summed E-state index contributed by atoms with van der Waals surface area (Å²) in [5.74, 6) is 0. The topological polar surface area (TPSA) is 24.9 Å². The van der Waals surface area contributed by atoms with Crippen LogP contribution in [0.15, 0.2) is 18.3 Å². The van der Waals surface area contributed by atoms with Crippen LogP contribution in [0.4, 0.5) is 0 Å². The van der Waals surface area contributed by atoms with Crippen molar-refractivity contribution in [3.8, 4) is 0 Å². The maximum atomic E-state index is 4.41. The molecule has 1 heterocycles. The van der Waals surface area contributed by atoms with Crippen LogP contribution in [0.5, 0.6) is 0 Å². The fourth-order valence-electron chi connectivity index (χ4n) is 2.33. The molecule has 102 valence electrons. The third kappa shape index (κ3) is 5.18. The Balaban J connectivity index is 2.57. The Bertz CT molecular complexity index is 323. The van der Waals surface area contributed by atoms with Gasteiger partial charge >= 0.3 is 0 Å². The van der Waals surface area contributed by atoms with E-state index in [1.165, 1.54) is 49.8 Å². The van der Waals surface area contributed by atoms with Gasteiger partial charge in [-0.1, -0.05) is 45.6 Å². The summed E-state index contributed by atoms with van der Waals surface area (Å²) in [5.41, 5.74) is 2.55. The summed E-state index contributed by atoms with van der Waals surface area (Å²) in [4.78, 5) is 4.41. The first-order chi connectivity index (χ1) is 8.79. The Morgan fingerprint density at radius 1 is 1.17 bits per heavy atom. The second-order valence-electron chi connectivity index (χ2n) is 5.03. The van der Waals surface area contributed by atoms with Crippen molar-refractivity contribution in [2.24, 2.45) is 0 Å². The standard InChI is InChI=1S/C16H28N2/c1-4-6-7-8-11-16(18-12-5-2)15-10-9-13-17-14(15)3/h9-10,13,16,18H,4-8,11-12H2,1-3H3. The van der Waals surface area contributed by atoms with Gasteiger partial charge in [-0.2, -0.15) is 0 Å². The van der Waals surface area contributed by atoms with Crippen LogP contribution >= 0.6 is 0 Å². The maximum absolute atomic E-state index is 4.41. The zero-order valence-corrected chi connectivity index (χ0v) is 12.2. The first-order valence-electron chi connectivity index (χ1n) is 7.44. The summed E-state index contributed by atoms with van der Waals surface area (Å²) in [6, 6.07) is 4.75. The highest BCUT2D eigenvalue weighted by molar-refractivity contribution is 5.22. The van der Waals surface area contributed by atoms with E-state index >= 15 is 0 Å². The Kier molecular flexibility index (Phi) is 7.66. The van der Waals surface area contributed by atoms with Crippen molar-refractivity contribution in [1.82, 2.24) is 10.3 Å². The average molecular weight is 248 g/mol. The van der Waals surface area contributed by atoms with Crippen LogP contribution in [0.1, 0.15) is 69.7 Å². The molecule has 1 unspecified atom stereocenters. The van der Waals surface area contributed by atoms with E-state index in [0.717, 1.165) is 6.54 Å². The molecule has 0 spiro atoms. The normalized spacial score (nSPS) is 12.6. The minimum absolute atomic E-state index is 0.482. The second kappa shape index (κ2) is 9.09. The fraction of sp³-hybridized carbons (Fsp3) is 0.688. The van der Waals surface area contributed by atoms with E-state index in [9.17, 15) is 0 Å². The lowest BCUT2D eigenvalue weighted by Gasteiger charge is -2.20. The van der Waals surface area contributed by atoms with E-state index in [1.54, 1.807) is 0 Å². The first kappa shape index (κ1) is 15.2. The Morgan fingerprint density at radius 3 is 2.67 bits per heavy atom. The van der Waals surface area contributed by atoms with Gasteiger partial charge in [-0.25, -0.2) is 0 Å².